The minimum absolute atomic E-state index is 0.0619. The van der Waals surface area contributed by atoms with Crippen molar-refractivity contribution in [1.82, 2.24) is 0 Å². The molecule has 1 heterocycles. The smallest absolute Gasteiger partial charge is 0.188 e. The lowest BCUT2D eigenvalue weighted by Gasteiger charge is -2.05. The second kappa shape index (κ2) is 5.09. The van der Waals surface area contributed by atoms with Gasteiger partial charge in [-0.25, -0.2) is 0 Å². The number of hydrogen-bond donors (Lipinski definition) is 0. The van der Waals surface area contributed by atoms with E-state index in [4.69, 9.17) is 16.3 Å². The molecule has 1 atom stereocenters. The molecule has 1 saturated heterocycles. The van der Waals surface area contributed by atoms with Crippen LogP contribution in [0.5, 0.6) is 5.75 Å². The maximum absolute atomic E-state index is 11.6. The van der Waals surface area contributed by atoms with E-state index < -0.39 is 19.2 Å². The molecule has 2 rings (SSSR count). The Morgan fingerprint density at radius 3 is 2.94 bits per heavy atom. The van der Waals surface area contributed by atoms with E-state index in [9.17, 15) is 4.79 Å². The molecule has 0 spiro atoms. The van der Waals surface area contributed by atoms with Crippen LogP contribution in [0.15, 0.2) is 24.3 Å². The summed E-state index contributed by atoms with van der Waals surface area (Å²) >= 11 is 0. The summed E-state index contributed by atoms with van der Waals surface area (Å²) in [6.07, 6.45) is -2.41. The summed E-state index contributed by atoms with van der Waals surface area (Å²) in [5, 5.41) is 0. The van der Waals surface area contributed by atoms with Gasteiger partial charge in [-0.15, -0.1) is 0 Å². The Hall–Kier alpha value is -1.39. The van der Waals surface area contributed by atoms with Gasteiger partial charge in [0.1, 0.15) is 25.0 Å². The topological polar surface area (TPSA) is 48.1 Å². The summed E-state index contributed by atoms with van der Waals surface area (Å²) < 4.78 is 51.5. The highest BCUT2D eigenvalue weighted by Gasteiger charge is 2.22. The van der Waals surface area contributed by atoms with Crippen molar-refractivity contribution in [2.45, 2.75) is 6.08 Å². The summed E-state index contributed by atoms with van der Waals surface area (Å²) in [5.41, 5.74) is 0.378. The molecule has 1 unspecified atom stereocenters. The highest BCUT2D eigenvalue weighted by molar-refractivity contribution is 5.97. The van der Waals surface area contributed by atoms with Gasteiger partial charge in [0, 0.05) is 12.7 Å². The number of epoxide rings is 1. The SMILES string of the molecule is [2H]C([2H])(Oc1ccc(C(=O)COC)cc1)C1([2H])OC1([2H])[2H]. The standard InChI is InChI=1S/C12H14O4/c1-14-8-12(13)9-2-4-10(5-3-9)15-6-11-7-16-11/h2-5,11H,6-8H2,1H3/i6D2,7D2,11D. The number of Topliss-reactive ketones (excluding diaryl/α,β-unsaturated/α-hetero) is 1. The zero-order chi connectivity index (χ0) is 15.9. The Morgan fingerprint density at radius 2 is 2.38 bits per heavy atom. The largest absolute Gasteiger partial charge is 0.491 e. The maximum atomic E-state index is 11.6. The first kappa shape index (κ1) is 6.37. The Bertz CT molecular complexity index is 545. The van der Waals surface area contributed by atoms with E-state index >= 15 is 0 Å². The van der Waals surface area contributed by atoms with Crippen LogP contribution in [-0.2, 0) is 9.47 Å². The van der Waals surface area contributed by atoms with Gasteiger partial charge in [-0.2, -0.15) is 0 Å². The Balaban J connectivity index is 2.09. The molecule has 1 aromatic rings. The first-order chi connectivity index (χ1) is 9.63. The molecule has 0 bridgehead atoms. The van der Waals surface area contributed by atoms with E-state index in [-0.39, 0.29) is 18.1 Å². The molecule has 1 aliphatic heterocycles. The molecule has 1 fully saturated rings. The zero-order valence-electron chi connectivity index (χ0n) is 13.6. The number of methoxy groups -OCH3 is 1. The molecule has 0 saturated carbocycles. The normalized spacial score (nSPS) is 31.4. The number of rotatable bonds is 6. The molecule has 0 aromatic heterocycles. The van der Waals surface area contributed by atoms with Crippen LogP contribution in [0, 0.1) is 0 Å². The first-order valence-corrected chi connectivity index (χ1v) is 4.64. The van der Waals surface area contributed by atoms with Gasteiger partial charge in [-0.05, 0) is 24.3 Å². The number of benzene rings is 1. The number of ether oxygens (including phenoxy) is 3. The van der Waals surface area contributed by atoms with Gasteiger partial charge in [0.2, 0.25) is 0 Å². The summed E-state index contributed by atoms with van der Waals surface area (Å²) in [6, 6.07) is 5.60. The van der Waals surface area contributed by atoms with Gasteiger partial charge in [0.15, 0.2) is 5.78 Å². The number of carbonyl (C=O) groups excluding carboxylic acids is 1. The van der Waals surface area contributed by atoms with Crippen molar-refractivity contribution >= 4 is 5.78 Å². The van der Waals surface area contributed by atoms with Gasteiger partial charge in [-0.3, -0.25) is 4.79 Å². The molecular formula is C12H14O4. The fourth-order valence-electron chi connectivity index (χ4n) is 1.10. The fourth-order valence-corrected chi connectivity index (χ4v) is 1.10. The van der Waals surface area contributed by atoms with Gasteiger partial charge < -0.3 is 14.2 Å². The monoisotopic (exact) mass is 227 g/mol. The van der Waals surface area contributed by atoms with E-state index in [0.717, 1.165) is 0 Å². The van der Waals surface area contributed by atoms with E-state index in [1.807, 2.05) is 0 Å². The van der Waals surface area contributed by atoms with Crippen molar-refractivity contribution in [3.63, 3.8) is 0 Å². The highest BCUT2D eigenvalue weighted by atomic mass is 16.6. The van der Waals surface area contributed by atoms with Crippen molar-refractivity contribution < 1.29 is 25.9 Å². The van der Waals surface area contributed by atoms with Crippen molar-refractivity contribution in [2.75, 3.05) is 26.8 Å². The summed E-state index contributed by atoms with van der Waals surface area (Å²) in [6.45, 7) is -5.13. The number of hydrogen-bond acceptors (Lipinski definition) is 4. The molecule has 0 N–H and O–H groups in total. The molecule has 1 aliphatic rings. The van der Waals surface area contributed by atoms with E-state index in [0.29, 0.717) is 5.56 Å². The van der Waals surface area contributed by atoms with Crippen LogP contribution in [0.3, 0.4) is 0 Å². The van der Waals surface area contributed by atoms with Crippen LogP contribution < -0.4 is 4.74 Å². The molecule has 0 aliphatic carbocycles. The third kappa shape index (κ3) is 3.05. The van der Waals surface area contributed by atoms with E-state index in [2.05, 4.69) is 4.74 Å². The predicted octanol–water partition coefficient (Wildman–Crippen LogP) is 1.29. The summed E-state index contributed by atoms with van der Waals surface area (Å²) in [4.78, 5) is 11.6. The average Bonchev–Trinajstić information content (AvgIpc) is 2.91. The maximum Gasteiger partial charge on any atom is 0.188 e. The third-order valence-corrected chi connectivity index (χ3v) is 1.92. The van der Waals surface area contributed by atoms with Crippen molar-refractivity contribution in [2.24, 2.45) is 0 Å². The number of carbonyl (C=O) groups is 1. The zero-order valence-corrected chi connectivity index (χ0v) is 8.65. The van der Waals surface area contributed by atoms with Gasteiger partial charge in [0.05, 0.1) is 13.4 Å². The van der Waals surface area contributed by atoms with Gasteiger partial charge >= 0.3 is 0 Å². The van der Waals surface area contributed by atoms with Crippen LogP contribution in [0.25, 0.3) is 0 Å². The molecule has 86 valence electrons. The minimum Gasteiger partial charge on any atom is -0.491 e. The van der Waals surface area contributed by atoms with Crippen molar-refractivity contribution in [3.8, 4) is 5.75 Å². The Labute approximate surface area is 101 Å². The van der Waals surface area contributed by atoms with Crippen LogP contribution >= 0.6 is 0 Å². The molecule has 1 aromatic carbocycles. The number of ketones is 1. The van der Waals surface area contributed by atoms with Crippen LogP contribution in [0.2, 0.25) is 0 Å². The lowest BCUT2D eigenvalue weighted by Crippen LogP contribution is -2.07. The van der Waals surface area contributed by atoms with Crippen LogP contribution in [0.4, 0.5) is 0 Å². The third-order valence-electron chi connectivity index (χ3n) is 1.92. The Morgan fingerprint density at radius 1 is 1.69 bits per heavy atom. The molecule has 0 radical (unpaired) electrons. The summed E-state index contributed by atoms with van der Waals surface area (Å²) in [5.74, 6) is -0.169. The molecular weight excluding hydrogens is 208 g/mol. The molecule has 4 heteroatoms. The lowest BCUT2D eigenvalue weighted by molar-refractivity contribution is 0.0848. The predicted molar refractivity (Wildman–Crippen MR) is 57.9 cm³/mol. The van der Waals surface area contributed by atoms with Crippen molar-refractivity contribution in [3.05, 3.63) is 29.8 Å². The van der Waals surface area contributed by atoms with E-state index in [1.165, 1.54) is 31.4 Å². The van der Waals surface area contributed by atoms with Crippen LogP contribution in [-0.4, -0.2) is 38.7 Å². The fraction of sp³-hybridized carbons (Fsp3) is 0.417. The molecule has 16 heavy (non-hydrogen) atoms. The quantitative estimate of drug-likeness (QED) is 0.543. The van der Waals surface area contributed by atoms with Gasteiger partial charge in [-0.1, -0.05) is 0 Å². The van der Waals surface area contributed by atoms with Gasteiger partial charge in [0.25, 0.3) is 0 Å². The first-order valence-electron chi connectivity index (χ1n) is 7.14. The minimum atomic E-state index is -2.67. The molecule has 0 amide bonds. The Kier molecular flexibility index (Phi) is 2.03. The van der Waals surface area contributed by atoms with Crippen molar-refractivity contribution in [1.29, 1.82) is 0 Å². The van der Waals surface area contributed by atoms with E-state index in [1.54, 1.807) is 0 Å². The lowest BCUT2D eigenvalue weighted by atomic mass is 10.1. The highest BCUT2D eigenvalue weighted by Crippen LogP contribution is 2.16. The summed E-state index contributed by atoms with van der Waals surface area (Å²) in [7, 11) is 1.40. The second-order valence-corrected chi connectivity index (χ2v) is 3.12. The average molecular weight is 227 g/mol. The molecule has 4 nitrogen and oxygen atoms in total. The second-order valence-electron chi connectivity index (χ2n) is 3.12. The van der Waals surface area contributed by atoms with Crippen LogP contribution in [0.1, 0.15) is 17.2 Å².